The summed E-state index contributed by atoms with van der Waals surface area (Å²) in [5.74, 6) is 6.18. The van der Waals surface area contributed by atoms with Gasteiger partial charge >= 0.3 is 5.97 Å². The van der Waals surface area contributed by atoms with Crippen LogP contribution in [0, 0.1) is 11.8 Å². The van der Waals surface area contributed by atoms with Crippen LogP contribution in [0.15, 0.2) is 83.8 Å². The summed E-state index contributed by atoms with van der Waals surface area (Å²) >= 11 is 1.88. The first-order chi connectivity index (χ1) is 14.9. The van der Waals surface area contributed by atoms with Gasteiger partial charge in [-0.3, -0.25) is 0 Å². The number of benzene rings is 3. The maximum absolute atomic E-state index is 11.8. The molecule has 4 rings (SSSR count). The lowest BCUT2D eigenvalue weighted by Crippen LogP contribution is -2.16. The zero-order chi connectivity index (χ0) is 21.8. The van der Waals surface area contributed by atoms with Gasteiger partial charge in [0.15, 0.2) is 0 Å². The average molecular weight is 425 g/mol. The lowest BCUT2D eigenvalue weighted by Gasteiger charge is -2.29. The molecular weight excluding hydrogens is 400 g/mol. The molecule has 0 N–H and O–H groups in total. The Balaban J connectivity index is 1.64. The molecule has 3 aromatic carbocycles. The van der Waals surface area contributed by atoms with Crippen molar-refractivity contribution in [3.63, 3.8) is 0 Å². The molecule has 1 aliphatic rings. The van der Waals surface area contributed by atoms with E-state index in [4.69, 9.17) is 4.74 Å². The molecule has 1 aliphatic heterocycles. The highest BCUT2D eigenvalue weighted by Gasteiger charge is 2.26. The van der Waals surface area contributed by atoms with Gasteiger partial charge in [-0.2, -0.15) is 0 Å². The van der Waals surface area contributed by atoms with Crippen molar-refractivity contribution in [3.05, 3.63) is 107 Å². The predicted octanol–water partition coefficient (Wildman–Crippen LogP) is 6.58. The van der Waals surface area contributed by atoms with Crippen molar-refractivity contribution in [2.75, 3.05) is 6.61 Å². The average Bonchev–Trinajstić information content (AvgIpc) is 2.78. The normalized spacial score (nSPS) is 14.0. The summed E-state index contributed by atoms with van der Waals surface area (Å²) in [6.07, 6.45) is 2.35. The molecule has 2 nitrogen and oxygen atoms in total. The smallest absolute Gasteiger partial charge is 0.338 e. The summed E-state index contributed by atoms with van der Waals surface area (Å²) in [7, 11) is 0. The van der Waals surface area contributed by atoms with Crippen LogP contribution < -0.4 is 0 Å². The van der Waals surface area contributed by atoms with Gasteiger partial charge in [-0.25, -0.2) is 4.79 Å². The zero-order valence-corrected chi connectivity index (χ0v) is 18.8. The maximum atomic E-state index is 11.8. The van der Waals surface area contributed by atoms with E-state index in [0.29, 0.717) is 12.2 Å². The Labute approximate surface area is 188 Å². The molecule has 0 saturated carbocycles. The Morgan fingerprint density at radius 3 is 2.32 bits per heavy atom. The number of carbonyl (C=O) groups excluding carboxylic acids is 1. The SMILES string of the molecule is CCOC(=O)c1ccc(C#Cc2ccc3c(c2)C(c2ccccc2)=CC(C)(C)S3)cc1. The molecule has 0 aliphatic carbocycles. The maximum Gasteiger partial charge on any atom is 0.338 e. The highest BCUT2D eigenvalue weighted by molar-refractivity contribution is 8.01. The number of thioether (sulfide) groups is 1. The second kappa shape index (κ2) is 8.88. The molecule has 0 bridgehead atoms. The van der Waals surface area contributed by atoms with Crippen LogP contribution in [0.4, 0.5) is 0 Å². The Kier molecular flexibility index (Phi) is 6.02. The number of fused-ring (bicyclic) bond motifs is 1. The van der Waals surface area contributed by atoms with E-state index in [1.807, 2.05) is 30.0 Å². The molecule has 1 heterocycles. The van der Waals surface area contributed by atoms with Gasteiger partial charge in [-0.15, -0.1) is 11.8 Å². The van der Waals surface area contributed by atoms with Crippen molar-refractivity contribution in [3.8, 4) is 11.8 Å². The molecule has 0 aromatic heterocycles. The second-order valence-electron chi connectivity index (χ2n) is 7.89. The van der Waals surface area contributed by atoms with Crippen LogP contribution >= 0.6 is 11.8 Å². The summed E-state index contributed by atoms with van der Waals surface area (Å²) in [6, 6.07) is 24.2. The van der Waals surface area contributed by atoms with E-state index >= 15 is 0 Å². The number of carbonyl (C=O) groups is 1. The summed E-state index contributed by atoms with van der Waals surface area (Å²) in [5, 5.41) is 0. The van der Waals surface area contributed by atoms with Gasteiger partial charge in [0.05, 0.1) is 12.2 Å². The van der Waals surface area contributed by atoms with Gasteiger partial charge in [0.25, 0.3) is 0 Å². The van der Waals surface area contributed by atoms with Gasteiger partial charge < -0.3 is 4.74 Å². The van der Waals surface area contributed by atoms with Gasteiger partial charge in [-0.1, -0.05) is 48.2 Å². The van der Waals surface area contributed by atoms with E-state index in [1.54, 1.807) is 19.1 Å². The molecule has 0 radical (unpaired) electrons. The largest absolute Gasteiger partial charge is 0.462 e. The fraction of sp³-hybridized carbons (Fsp3) is 0.179. The molecule has 0 atom stereocenters. The zero-order valence-electron chi connectivity index (χ0n) is 17.9. The number of ether oxygens (including phenoxy) is 1. The molecular formula is C28H24O2S. The van der Waals surface area contributed by atoms with Crippen molar-refractivity contribution in [1.29, 1.82) is 0 Å². The summed E-state index contributed by atoms with van der Waals surface area (Å²) in [6.45, 7) is 6.66. The van der Waals surface area contributed by atoms with Crippen molar-refractivity contribution < 1.29 is 9.53 Å². The molecule has 3 aromatic rings. The lowest BCUT2D eigenvalue weighted by atomic mass is 9.92. The third-order valence-electron chi connectivity index (χ3n) is 4.97. The van der Waals surface area contributed by atoms with E-state index in [9.17, 15) is 4.79 Å². The molecule has 0 spiro atoms. The van der Waals surface area contributed by atoms with Crippen molar-refractivity contribution in [2.45, 2.75) is 30.4 Å². The first kappa shape index (κ1) is 21.0. The van der Waals surface area contributed by atoms with Crippen molar-refractivity contribution >= 4 is 23.3 Å². The minimum atomic E-state index is -0.308. The van der Waals surface area contributed by atoms with Crippen LogP contribution in [0.3, 0.4) is 0 Å². The molecule has 154 valence electrons. The molecule has 0 amide bonds. The van der Waals surface area contributed by atoms with E-state index in [0.717, 1.165) is 11.1 Å². The minimum Gasteiger partial charge on any atom is -0.462 e. The van der Waals surface area contributed by atoms with Crippen LogP contribution in [-0.4, -0.2) is 17.3 Å². The first-order valence-corrected chi connectivity index (χ1v) is 11.2. The van der Waals surface area contributed by atoms with Crippen LogP contribution in [0.25, 0.3) is 5.57 Å². The topological polar surface area (TPSA) is 26.3 Å². The van der Waals surface area contributed by atoms with Crippen LogP contribution in [-0.2, 0) is 4.74 Å². The Bertz CT molecular complexity index is 1190. The first-order valence-electron chi connectivity index (χ1n) is 10.4. The highest BCUT2D eigenvalue weighted by atomic mass is 32.2. The number of hydrogen-bond acceptors (Lipinski definition) is 3. The number of esters is 1. The Morgan fingerprint density at radius 2 is 1.61 bits per heavy atom. The molecule has 3 heteroatoms. The Hall–Kier alpha value is -3.22. The van der Waals surface area contributed by atoms with Crippen LogP contribution in [0.5, 0.6) is 0 Å². The number of hydrogen-bond donors (Lipinski definition) is 0. The van der Waals surface area contributed by atoms with E-state index in [-0.39, 0.29) is 10.7 Å². The van der Waals surface area contributed by atoms with E-state index in [2.05, 4.69) is 74.2 Å². The van der Waals surface area contributed by atoms with Gasteiger partial charge in [0.1, 0.15) is 0 Å². The summed E-state index contributed by atoms with van der Waals surface area (Å²) < 4.78 is 5.06. The standard InChI is InChI=1S/C28H24O2S/c1-4-30-27(29)23-15-12-20(13-16-23)10-11-21-14-17-26-24(18-21)25(19-28(2,3)31-26)22-8-6-5-7-9-22/h5-9,12-19H,4H2,1-3H3. The van der Waals surface area contributed by atoms with Crippen molar-refractivity contribution in [1.82, 2.24) is 0 Å². The van der Waals surface area contributed by atoms with Crippen LogP contribution in [0.1, 0.15) is 53.4 Å². The second-order valence-corrected chi connectivity index (χ2v) is 9.58. The van der Waals surface area contributed by atoms with Gasteiger partial charge in [0, 0.05) is 20.8 Å². The third-order valence-corrected chi connectivity index (χ3v) is 6.19. The van der Waals surface area contributed by atoms with Gasteiger partial charge in [-0.05, 0) is 79.9 Å². The minimum absolute atomic E-state index is 0.0338. The number of rotatable bonds is 3. The van der Waals surface area contributed by atoms with Crippen LogP contribution in [0.2, 0.25) is 0 Å². The van der Waals surface area contributed by atoms with Crippen molar-refractivity contribution in [2.24, 2.45) is 0 Å². The fourth-order valence-corrected chi connectivity index (χ4v) is 4.71. The van der Waals surface area contributed by atoms with Gasteiger partial charge in [0.2, 0.25) is 0 Å². The predicted molar refractivity (Wildman–Crippen MR) is 128 cm³/mol. The quantitative estimate of drug-likeness (QED) is 0.351. The summed E-state index contributed by atoms with van der Waals surface area (Å²) in [4.78, 5) is 13.1. The monoisotopic (exact) mass is 424 g/mol. The lowest BCUT2D eigenvalue weighted by molar-refractivity contribution is 0.0526. The highest BCUT2D eigenvalue weighted by Crippen LogP contribution is 2.46. The fourth-order valence-electron chi connectivity index (χ4n) is 3.55. The molecule has 0 unspecified atom stereocenters. The molecule has 31 heavy (non-hydrogen) atoms. The van der Waals surface area contributed by atoms with E-state index < -0.39 is 0 Å². The Morgan fingerprint density at radius 1 is 0.935 bits per heavy atom. The third kappa shape index (κ3) is 4.93. The van der Waals surface area contributed by atoms with E-state index in [1.165, 1.54) is 21.6 Å². The summed E-state index contributed by atoms with van der Waals surface area (Å²) in [5.41, 5.74) is 6.06. The molecule has 0 fully saturated rings. The molecule has 0 saturated heterocycles.